The zero-order valence-electron chi connectivity index (χ0n) is 3.50. The molecule has 1 heteroatoms. The predicted octanol–water partition coefficient (Wildman–Crippen LogP) is 1.78. The average molecular weight is 76.1 g/mol. The second kappa shape index (κ2) is 58.3. The van der Waals surface area contributed by atoms with Gasteiger partial charge in [0.15, 0.2) is 0 Å². The zero-order valence-corrected chi connectivity index (χ0v) is 3.50. The lowest BCUT2D eigenvalue weighted by Crippen LogP contribution is -1.40. The van der Waals surface area contributed by atoms with Gasteiger partial charge >= 0.3 is 0 Å². The first-order valence-electron chi connectivity index (χ1n) is 1.47. The summed E-state index contributed by atoms with van der Waals surface area (Å²) in [5, 5.41) is 0. The zero-order chi connectivity index (χ0) is 4.71. The molecule has 0 heterocycles. The molecule has 0 aromatic rings. The first-order chi connectivity index (χ1) is 2.41. The Balaban J connectivity index is 0. The second-order valence-corrected chi connectivity index (χ2v) is 0.267. The molecule has 0 rings (SSSR count). The lowest BCUT2D eigenvalue weighted by atomic mass is 10.9. The topological polar surface area (TPSA) is 0 Å². The van der Waals surface area contributed by atoms with Crippen molar-refractivity contribution in [2.75, 3.05) is 6.67 Å². The van der Waals surface area contributed by atoms with Crippen LogP contribution in [-0.4, -0.2) is 6.67 Å². The van der Waals surface area contributed by atoms with Crippen LogP contribution in [0.5, 0.6) is 0 Å². The summed E-state index contributed by atoms with van der Waals surface area (Å²) in [5.41, 5.74) is 0. The third-order valence-electron chi connectivity index (χ3n) is 0. The molecule has 5 heavy (non-hydrogen) atoms. The molecule has 0 bridgehead atoms. The summed E-state index contributed by atoms with van der Waals surface area (Å²) in [5.74, 6) is 0. The fourth-order valence-electron chi connectivity index (χ4n) is 0. The second-order valence-electron chi connectivity index (χ2n) is 0.267. The van der Waals surface area contributed by atoms with E-state index in [1.165, 1.54) is 6.92 Å². The van der Waals surface area contributed by atoms with Crippen LogP contribution in [0.1, 0.15) is 6.92 Å². The SMILES string of the molecule is C=C.CCF. The van der Waals surface area contributed by atoms with E-state index in [2.05, 4.69) is 13.2 Å². The van der Waals surface area contributed by atoms with Crippen molar-refractivity contribution in [2.45, 2.75) is 6.92 Å². The monoisotopic (exact) mass is 76.1 g/mol. The van der Waals surface area contributed by atoms with Crippen LogP contribution in [0.25, 0.3) is 0 Å². The summed E-state index contributed by atoms with van der Waals surface area (Å²) in [7, 11) is 0. The number of halogens is 1. The van der Waals surface area contributed by atoms with Crippen molar-refractivity contribution in [2.24, 2.45) is 0 Å². The van der Waals surface area contributed by atoms with Gasteiger partial charge in [0, 0.05) is 0 Å². The Labute approximate surface area is 32.3 Å². The van der Waals surface area contributed by atoms with E-state index in [1.807, 2.05) is 0 Å². The lowest BCUT2D eigenvalue weighted by molar-refractivity contribution is 0.527. The molecule has 0 aromatic heterocycles. The van der Waals surface area contributed by atoms with Gasteiger partial charge in [0.05, 0.1) is 6.67 Å². The molecule has 0 saturated carbocycles. The van der Waals surface area contributed by atoms with Crippen molar-refractivity contribution in [3.8, 4) is 0 Å². The summed E-state index contributed by atoms with van der Waals surface area (Å²) in [4.78, 5) is 0. The van der Waals surface area contributed by atoms with Gasteiger partial charge in [-0.15, -0.1) is 13.2 Å². The highest BCUT2D eigenvalue weighted by atomic mass is 19.1. The number of alkyl halides is 1. The van der Waals surface area contributed by atoms with E-state index in [-0.39, 0.29) is 6.67 Å². The molecule has 0 aliphatic rings. The molecule has 0 atom stereocenters. The summed E-state index contributed by atoms with van der Waals surface area (Å²) in [6.45, 7) is 7.21. The van der Waals surface area contributed by atoms with Gasteiger partial charge in [-0.1, -0.05) is 0 Å². The minimum Gasteiger partial charge on any atom is -0.251 e. The highest BCUT2D eigenvalue weighted by Crippen LogP contribution is 1.48. The Bertz CT molecular complexity index is 7.61. The van der Waals surface area contributed by atoms with E-state index in [0.717, 1.165) is 0 Å². The van der Waals surface area contributed by atoms with E-state index in [0.29, 0.717) is 0 Å². The van der Waals surface area contributed by atoms with Crippen molar-refractivity contribution in [1.82, 2.24) is 0 Å². The maximum absolute atomic E-state index is 10.3. The van der Waals surface area contributed by atoms with Crippen LogP contribution < -0.4 is 0 Å². The van der Waals surface area contributed by atoms with Crippen molar-refractivity contribution < 1.29 is 4.39 Å². The minimum atomic E-state index is -0.250. The Hall–Kier alpha value is -0.330. The molecule has 0 spiro atoms. The van der Waals surface area contributed by atoms with Crippen molar-refractivity contribution >= 4 is 0 Å². The van der Waals surface area contributed by atoms with E-state index in [9.17, 15) is 4.39 Å². The summed E-state index contributed by atoms with van der Waals surface area (Å²) in [6, 6.07) is 0. The maximum atomic E-state index is 10.3. The Kier molecular flexibility index (Phi) is 103. The van der Waals surface area contributed by atoms with Gasteiger partial charge in [-0.25, -0.2) is 0 Å². The third kappa shape index (κ3) is 94.0. The highest BCUT2D eigenvalue weighted by Gasteiger charge is 1.39. The molecule has 0 N–H and O–H groups in total. The fourth-order valence-corrected chi connectivity index (χ4v) is 0. The summed E-state index contributed by atoms with van der Waals surface area (Å²) < 4.78 is 10.3. The smallest absolute Gasteiger partial charge is 0.0866 e. The van der Waals surface area contributed by atoms with Gasteiger partial charge in [-0.2, -0.15) is 0 Å². The van der Waals surface area contributed by atoms with Crippen LogP contribution in [0.2, 0.25) is 0 Å². The van der Waals surface area contributed by atoms with E-state index < -0.39 is 0 Å². The molecular formula is C4H9F. The van der Waals surface area contributed by atoms with Gasteiger partial charge in [-0.3, -0.25) is 4.39 Å². The molecule has 0 unspecified atom stereocenters. The fraction of sp³-hybridized carbons (Fsp3) is 0.500. The van der Waals surface area contributed by atoms with Gasteiger partial charge < -0.3 is 0 Å². The molecule has 0 nitrogen and oxygen atoms in total. The van der Waals surface area contributed by atoms with Crippen LogP contribution >= 0.6 is 0 Å². The quantitative estimate of drug-likeness (QED) is 0.386. The average Bonchev–Trinajstić information content (AvgIpc) is 1.46. The number of hydrogen-bond donors (Lipinski definition) is 0. The Morgan fingerprint density at radius 3 is 1.60 bits per heavy atom. The van der Waals surface area contributed by atoms with Crippen LogP contribution in [0.15, 0.2) is 13.2 Å². The minimum absolute atomic E-state index is 0.250. The van der Waals surface area contributed by atoms with Gasteiger partial charge in [0.1, 0.15) is 0 Å². The highest BCUT2D eigenvalue weighted by molar-refractivity contribution is 4.22. The molecule has 0 aliphatic heterocycles. The van der Waals surface area contributed by atoms with Gasteiger partial charge in [0.25, 0.3) is 0 Å². The van der Waals surface area contributed by atoms with Crippen molar-refractivity contribution in [3.05, 3.63) is 13.2 Å². The van der Waals surface area contributed by atoms with E-state index >= 15 is 0 Å². The number of rotatable bonds is 0. The molecule has 0 radical (unpaired) electrons. The van der Waals surface area contributed by atoms with Crippen molar-refractivity contribution in [1.29, 1.82) is 0 Å². The van der Waals surface area contributed by atoms with Gasteiger partial charge in [-0.05, 0) is 6.92 Å². The molecule has 32 valence electrons. The summed E-state index contributed by atoms with van der Waals surface area (Å²) in [6.07, 6.45) is 0. The standard InChI is InChI=1S/C2H5F.C2H4/c1-2-3;1-2/h2H2,1H3;1-2H2. The van der Waals surface area contributed by atoms with Crippen LogP contribution in [0.3, 0.4) is 0 Å². The largest absolute Gasteiger partial charge is 0.251 e. The van der Waals surface area contributed by atoms with E-state index in [4.69, 9.17) is 0 Å². The first-order valence-corrected chi connectivity index (χ1v) is 1.47. The number of hydrogen-bond acceptors (Lipinski definition) is 0. The third-order valence-corrected chi connectivity index (χ3v) is 0. The molecule has 0 fully saturated rings. The molecule has 0 amide bonds. The molecule has 0 aliphatic carbocycles. The predicted molar refractivity (Wildman–Crippen MR) is 22.9 cm³/mol. The van der Waals surface area contributed by atoms with Crippen LogP contribution in [-0.2, 0) is 0 Å². The molecule has 0 saturated heterocycles. The maximum Gasteiger partial charge on any atom is 0.0866 e. The van der Waals surface area contributed by atoms with Gasteiger partial charge in [0.2, 0.25) is 0 Å². The molecular weight excluding hydrogens is 67.0 g/mol. The Morgan fingerprint density at radius 2 is 1.60 bits per heavy atom. The normalized spacial score (nSPS) is 4.40. The van der Waals surface area contributed by atoms with Crippen LogP contribution in [0, 0.1) is 0 Å². The lowest BCUT2D eigenvalue weighted by Gasteiger charge is -1.45. The van der Waals surface area contributed by atoms with E-state index in [1.54, 1.807) is 0 Å². The first kappa shape index (κ1) is 8.82. The summed E-state index contributed by atoms with van der Waals surface area (Å²) >= 11 is 0. The molecule has 0 aromatic carbocycles. The van der Waals surface area contributed by atoms with Crippen LogP contribution in [0.4, 0.5) is 4.39 Å². The Morgan fingerprint density at radius 1 is 1.60 bits per heavy atom. The van der Waals surface area contributed by atoms with Crippen molar-refractivity contribution in [3.63, 3.8) is 0 Å².